The smallest absolute Gasteiger partial charge is 0.220 e. The van der Waals surface area contributed by atoms with Crippen molar-refractivity contribution in [3.63, 3.8) is 0 Å². The fourth-order valence-corrected chi connectivity index (χ4v) is 3.31. The Morgan fingerprint density at radius 3 is 2.00 bits per heavy atom. The third-order valence-corrected chi connectivity index (χ3v) is 5.33. The minimum absolute atomic E-state index is 0.0935. The highest BCUT2D eigenvalue weighted by Crippen LogP contribution is 2.09. The number of carbonyl (C=O) groups is 1. The number of allylic oxidation sites excluding steroid dienone is 5. The average Bonchev–Trinajstić information content (AvgIpc) is 2.77. The van der Waals surface area contributed by atoms with Crippen LogP contribution < -0.4 is 5.32 Å². The van der Waals surface area contributed by atoms with E-state index in [4.69, 9.17) is 0 Å². The van der Waals surface area contributed by atoms with Gasteiger partial charge in [0.15, 0.2) is 0 Å². The van der Waals surface area contributed by atoms with E-state index in [9.17, 15) is 15.0 Å². The quantitative estimate of drug-likeness (QED) is 0.145. The zero-order chi connectivity index (χ0) is 23.0. The van der Waals surface area contributed by atoms with Crippen molar-refractivity contribution in [2.45, 2.75) is 122 Å². The van der Waals surface area contributed by atoms with E-state index < -0.39 is 12.1 Å². The van der Waals surface area contributed by atoms with Gasteiger partial charge in [-0.15, -0.1) is 0 Å². The van der Waals surface area contributed by atoms with Gasteiger partial charge < -0.3 is 15.5 Å². The van der Waals surface area contributed by atoms with Crippen LogP contribution in [0.4, 0.5) is 0 Å². The number of unbranched alkanes of at least 4 members (excludes halogenated alkanes) is 10. The molecule has 3 N–H and O–H groups in total. The van der Waals surface area contributed by atoms with Gasteiger partial charge in [-0.05, 0) is 51.4 Å². The van der Waals surface area contributed by atoms with Crippen LogP contribution in [0.15, 0.2) is 36.5 Å². The fraction of sp³-hybridized carbons (Fsp3) is 0.741. The highest BCUT2D eigenvalue weighted by Gasteiger charge is 2.17. The van der Waals surface area contributed by atoms with Crippen molar-refractivity contribution >= 4 is 5.91 Å². The molecule has 0 heterocycles. The maximum atomic E-state index is 12.1. The standard InChI is InChI=1S/C27H49NO3/c1-3-5-7-9-11-12-13-14-15-17-19-21-23-27(31)28-25(24-29)26(30)22-20-18-16-10-8-6-4-2/h8,10-12,20,22,25-26,29-30H,3-7,9,13-19,21,23-24H2,1-2H3,(H,28,31)/b10-8+,12-11-,22-20+. The van der Waals surface area contributed by atoms with Gasteiger partial charge in [0.1, 0.15) is 0 Å². The molecule has 0 spiro atoms. The number of rotatable bonds is 21. The molecule has 1 amide bonds. The predicted octanol–water partition coefficient (Wildman–Crippen LogP) is 6.38. The van der Waals surface area contributed by atoms with Gasteiger partial charge >= 0.3 is 0 Å². The molecule has 0 fully saturated rings. The first kappa shape index (κ1) is 29.6. The Kier molecular flexibility index (Phi) is 22.2. The van der Waals surface area contributed by atoms with Crippen LogP contribution in [-0.2, 0) is 4.79 Å². The second-order valence-corrected chi connectivity index (χ2v) is 8.39. The third kappa shape index (κ3) is 20.3. The number of carbonyl (C=O) groups excluding carboxylic acids is 1. The van der Waals surface area contributed by atoms with Crippen LogP contribution in [0.3, 0.4) is 0 Å². The van der Waals surface area contributed by atoms with Crippen LogP contribution >= 0.6 is 0 Å². The summed E-state index contributed by atoms with van der Waals surface area (Å²) in [5.74, 6) is -0.0935. The first-order valence-corrected chi connectivity index (χ1v) is 12.7. The van der Waals surface area contributed by atoms with Crippen LogP contribution in [0.2, 0.25) is 0 Å². The minimum atomic E-state index is -0.858. The molecular weight excluding hydrogens is 386 g/mol. The number of nitrogens with one attached hydrogen (secondary N) is 1. The van der Waals surface area contributed by atoms with Crippen molar-refractivity contribution in [2.75, 3.05) is 6.61 Å². The lowest BCUT2D eigenvalue weighted by Crippen LogP contribution is -2.45. The summed E-state index contributed by atoms with van der Waals surface area (Å²) in [4.78, 5) is 12.1. The van der Waals surface area contributed by atoms with E-state index in [1.165, 1.54) is 38.5 Å². The Hall–Kier alpha value is -1.39. The Morgan fingerprint density at radius 1 is 0.742 bits per heavy atom. The molecule has 0 saturated heterocycles. The summed E-state index contributed by atoms with van der Waals surface area (Å²) >= 11 is 0. The number of hydrogen-bond acceptors (Lipinski definition) is 3. The summed E-state index contributed by atoms with van der Waals surface area (Å²) in [6.45, 7) is 4.12. The van der Waals surface area contributed by atoms with Gasteiger partial charge in [0, 0.05) is 6.42 Å². The molecule has 0 aliphatic carbocycles. The summed E-state index contributed by atoms with van der Waals surface area (Å²) in [5.41, 5.74) is 0. The predicted molar refractivity (Wildman–Crippen MR) is 133 cm³/mol. The summed E-state index contributed by atoms with van der Waals surface area (Å²) in [5, 5.41) is 22.4. The largest absolute Gasteiger partial charge is 0.394 e. The van der Waals surface area contributed by atoms with Crippen LogP contribution in [0.1, 0.15) is 110 Å². The Morgan fingerprint density at radius 2 is 1.32 bits per heavy atom. The highest BCUT2D eigenvalue weighted by atomic mass is 16.3. The van der Waals surface area contributed by atoms with Crippen molar-refractivity contribution < 1.29 is 15.0 Å². The van der Waals surface area contributed by atoms with Gasteiger partial charge in [0.05, 0.1) is 18.8 Å². The van der Waals surface area contributed by atoms with E-state index in [1.54, 1.807) is 6.08 Å². The van der Waals surface area contributed by atoms with Crippen LogP contribution in [0.5, 0.6) is 0 Å². The molecule has 0 aromatic carbocycles. The number of aliphatic hydroxyl groups excluding tert-OH is 2. The lowest BCUT2D eigenvalue weighted by molar-refractivity contribution is -0.123. The van der Waals surface area contributed by atoms with E-state index in [0.29, 0.717) is 6.42 Å². The maximum absolute atomic E-state index is 12.1. The fourth-order valence-electron chi connectivity index (χ4n) is 3.31. The van der Waals surface area contributed by atoms with E-state index in [0.717, 1.165) is 51.4 Å². The normalized spacial score (nSPS) is 14.1. The van der Waals surface area contributed by atoms with Crippen molar-refractivity contribution in [3.05, 3.63) is 36.5 Å². The first-order valence-electron chi connectivity index (χ1n) is 12.7. The molecule has 0 aromatic heterocycles. The van der Waals surface area contributed by atoms with Gasteiger partial charge in [0.25, 0.3) is 0 Å². The molecule has 31 heavy (non-hydrogen) atoms. The number of aliphatic hydroxyl groups is 2. The molecule has 0 rings (SSSR count). The second-order valence-electron chi connectivity index (χ2n) is 8.39. The Labute approximate surface area is 191 Å². The molecule has 2 atom stereocenters. The lowest BCUT2D eigenvalue weighted by atomic mass is 10.1. The van der Waals surface area contributed by atoms with E-state index in [1.807, 2.05) is 6.08 Å². The molecule has 0 aromatic rings. The first-order chi connectivity index (χ1) is 15.2. The van der Waals surface area contributed by atoms with Crippen LogP contribution in [0.25, 0.3) is 0 Å². The molecule has 0 bridgehead atoms. The zero-order valence-electron chi connectivity index (χ0n) is 20.2. The third-order valence-electron chi connectivity index (χ3n) is 5.33. The molecule has 4 heteroatoms. The number of amides is 1. The Bertz CT molecular complexity index is 485. The van der Waals surface area contributed by atoms with Crippen LogP contribution in [-0.4, -0.2) is 34.9 Å². The molecule has 180 valence electrons. The molecule has 2 unspecified atom stereocenters. The number of hydrogen-bond donors (Lipinski definition) is 3. The molecule has 0 aliphatic rings. The molecule has 0 aliphatic heterocycles. The van der Waals surface area contributed by atoms with Gasteiger partial charge in [0.2, 0.25) is 5.91 Å². The van der Waals surface area contributed by atoms with Gasteiger partial charge in [-0.3, -0.25) is 4.79 Å². The summed E-state index contributed by atoms with van der Waals surface area (Å²) in [6.07, 6.45) is 27.9. The maximum Gasteiger partial charge on any atom is 0.220 e. The molecule has 0 saturated carbocycles. The SMILES string of the molecule is CCC/C=C/CC/C=C/C(O)C(CO)NC(=O)CCCCCCC/C=C\CCCCC. The summed E-state index contributed by atoms with van der Waals surface area (Å²) in [7, 11) is 0. The average molecular weight is 436 g/mol. The topological polar surface area (TPSA) is 69.6 Å². The monoisotopic (exact) mass is 435 g/mol. The van der Waals surface area contributed by atoms with E-state index in [2.05, 4.69) is 43.5 Å². The lowest BCUT2D eigenvalue weighted by Gasteiger charge is -2.19. The molecular formula is C27H49NO3. The van der Waals surface area contributed by atoms with Crippen molar-refractivity contribution in [1.29, 1.82) is 0 Å². The van der Waals surface area contributed by atoms with Gasteiger partial charge in [-0.25, -0.2) is 0 Å². The van der Waals surface area contributed by atoms with Crippen LogP contribution in [0, 0.1) is 0 Å². The summed E-state index contributed by atoms with van der Waals surface area (Å²) < 4.78 is 0. The van der Waals surface area contributed by atoms with E-state index >= 15 is 0 Å². The van der Waals surface area contributed by atoms with E-state index in [-0.39, 0.29) is 12.5 Å². The van der Waals surface area contributed by atoms with Crippen molar-refractivity contribution in [2.24, 2.45) is 0 Å². The highest BCUT2D eigenvalue weighted by molar-refractivity contribution is 5.76. The molecule has 0 radical (unpaired) electrons. The van der Waals surface area contributed by atoms with Gasteiger partial charge in [-0.1, -0.05) is 88.8 Å². The zero-order valence-corrected chi connectivity index (χ0v) is 20.2. The van der Waals surface area contributed by atoms with Crippen molar-refractivity contribution in [1.82, 2.24) is 5.32 Å². The van der Waals surface area contributed by atoms with Gasteiger partial charge in [-0.2, -0.15) is 0 Å². The second kappa shape index (κ2) is 23.3. The Balaban J connectivity index is 3.78. The van der Waals surface area contributed by atoms with Crippen molar-refractivity contribution in [3.8, 4) is 0 Å². The summed E-state index contributed by atoms with van der Waals surface area (Å²) in [6, 6.07) is -0.636. The molecule has 4 nitrogen and oxygen atoms in total. The minimum Gasteiger partial charge on any atom is -0.394 e.